The van der Waals surface area contributed by atoms with Crippen LogP contribution in [0.5, 0.6) is 5.75 Å². The number of aliphatic hydroxyl groups is 1. The predicted octanol–water partition coefficient (Wildman–Crippen LogP) is 4.00. The van der Waals surface area contributed by atoms with Crippen LogP contribution in [0.3, 0.4) is 0 Å². The van der Waals surface area contributed by atoms with Gasteiger partial charge < -0.3 is 14.7 Å². The van der Waals surface area contributed by atoms with Gasteiger partial charge >= 0.3 is 0 Å². The van der Waals surface area contributed by atoms with E-state index in [1.165, 1.54) is 5.56 Å². The van der Waals surface area contributed by atoms with Gasteiger partial charge in [0.2, 0.25) is 0 Å². The van der Waals surface area contributed by atoms with Gasteiger partial charge in [0, 0.05) is 6.54 Å². The molecule has 1 saturated heterocycles. The van der Waals surface area contributed by atoms with Gasteiger partial charge in [0.25, 0.3) is 5.91 Å². The minimum absolute atomic E-state index is 0.153. The summed E-state index contributed by atoms with van der Waals surface area (Å²) in [5.74, 6) is 0.580. The molecule has 1 unspecified atom stereocenters. The van der Waals surface area contributed by atoms with Gasteiger partial charge in [-0.1, -0.05) is 29.8 Å². The van der Waals surface area contributed by atoms with Crippen molar-refractivity contribution in [2.24, 2.45) is 0 Å². The number of piperidine rings is 1. The molecule has 1 aliphatic heterocycles. The first kappa shape index (κ1) is 18.7. The van der Waals surface area contributed by atoms with Crippen molar-refractivity contribution in [2.45, 2.75) is 32.3 Å². The molecule has 1 atom stereocenters. The van der Waals surface area contributed by atoms with E-state index in [2.05, 4.69) is 0 Å². The molecule has 1 fully saturated rings. The monoisotopic (exact) mass is 373 g/mol. The summed E-state index contributed by atoms with van der Waals surface area (Å²) >= 11 is 6.14. The van der Waals surface area contributed by atoms with E-state index in [1.54, 1.807) is 29.2 Å². The molecule has 0 aliphatic carbocycles. The van der Waals surface area contributed by atoms with E-state index in [0.29, 0.717) is 23.6 Å². The molecule has 1 N–H and O–H groups in total. The number of hydrogen-bond donors (Lipinski definition) is 1. The van der Waals surface area contributed by atoms with Gasteiger partial charge in [0.15, 0.2) is 0 Å². The van der Waals surface area contributed by atoms with Crippen LogP contribution in [0.15, 0.2) is 42.5 Å². The fourth-order valence-corrected chi connectivity index (χ4v) is 3.45. The summed E-state index contributed by atoms with van der Waals surface area (Å²) in [5, 5.41) is 11.4. The smallest absolute Gasteiger partial charge is 0.255 e. The molecule has 1 heterocycles. The van der Waals surface area contributed by atoms with Crippen LogP contribution < -0.4 is 4.74 Å². The normalized spacial score (nSPS) is 20.1. The van der Waals surface area contributed by atoms with E-state index in [0.717, 1.165) is 17.7 Å². The van der Waals surface area contributed by atoms with E-state index < -0.39 is 5.60 Å². The lowest BCUT2D eigenvalue weighted by molar-refractivity contribution is -0.0532. The maximum atomic E-state index is 12.8. The molecule has 1 aliphatic rings. The Morgan fingerprint density at radius 2 is 2.00 bits per heavy atom. The number of halogens is 1. The highest BCUT2D eigenvalue weighted by Crippen LogP contribution is 2.26. The van der Waals surface area contributed by atoms with Crippen LogP contribution in [0, 0.1) is 13.8 Å². The zero-order chi connectivity index (χ0) is 18.7. The van der Waals surface area contributed by atoms with E-state index in [-0.39, 0.29) is 19.1 Å². The minimum atomic E-state index is -1.06. The number of amides is 1. The molecule has 138 valence electrons. The van der Waals surface area contributed by atoms with Crippen molar-refractivity contribution in [3.63, 3.8) is 0 Å². The molecule has 0 radical (unpaired) electrons. The van der Waals surface area contributed by atoms with Crippen molar-refractivity contribution in [3.8, 4) is 5.75 Å². The molecule has 2 aromatic rings. The van der Waals surface area contributed by atoms with Crippen LogP contribution in [0.25, 0.3) is 0 Å². The number of carbonyl (C=O) groups excluding carboxylic acids is 1. The molecular weight excluding hydrogens is 350 g/mol. The molecule has 0 bridgehead atoms. The number of rotatable bonds is 4. The minimum Gasteiger partial charge on any atom is -0.491 e. The summed E-state index contributed by atoms with van der Waals surface area (Å²) in [7, 11) is 0. The van der Waals surface area contributed by atoms with Crippen LogP contribution >= 0.6 is 11.6 Å². The molecule has 0 aromatic heterocycles. The third-order valence-electron chi connectivity index (χ3n) is 4.93. The number of carbonyl (C=O) groups is 1. The molecule has 26 heavy (non-hydrogen) atoms. The van der Waals surface area contributed by atoms with Gasteiger partial charge in [0.1, 0.15) is 18.0 Å². The van der Waals surface area contributed by atoms with Gasteiger partial charge in [-0.2, -0.15) is 0 Å². The third-order valence-corrected chi connectivity index (χ3v) is 5.26. The highest BCUT2D eigenvalue weighted by atomic mass is 35.5. The topological polar surface area (TPSA) is 49.8 Å². The Bertz CT molecular complexity index is 808. The number of β-amino-alcohol motifs (C(OH)–C–C–N with tert-alkyl or cyclic N) is 1. The van der Waals surface area contributed by atoms with E-state index >= 15 is 0 Å². The number of benzene rings is 2. The van der Waals surface area contributed by atoms with Crippen LogP contribution in [-0.2, 0) is 0 Å². The van der Waals surface area contributed by atoms with Crippen molar-refractivity contribution < 1.29 is 14.6 Å². The maximum Gasteiger partial charge on any atom is 0.255 e. The molecule has 0 spiro atoms. The highest BCUT2D eigenvalue weighted by Gasteiger charge is 2.36. The third kappa shape index (κ3) is 4.19. The van der Waals surface area contributed by atoms with Gasteiger partial charge in [-0.05, 0) is 62.1 Å². The lowest BCUT2D eigenvalue weighted by atomic mass is 9.93. The van der Waals surface area contributed by atoms with Gasteiger partial charge in [-0.15, -0.1) is 0 Å². The molecule has 0 saturated carbocycles. The van der Waals surface area contributed by atoms with Crippen molar-refractivity contribution in [1.82, 2.24) is 4.90 Å². The number of aryl methyl sites for hydroxylation is 2. The van der Waals surface area contributed by atoms with E-state index in [1.807, 2.05) is 32.0 Å². The second-order valence-corrected chi connectivity index (χ2v) is 7.48. The van der Waals surface area contributed by atoms with Crippen molar-refractivity contribution >= 4 is 17.5 Å². The van der Waals surface area contributed by atoms with Gasteiger partial charge in [-0.3, -0.25) is 4.79 Å². The molecule has 5 heteroatoms. The Balaban J connectivity index is 1.67. The van der Waals surface area contributed by atoms with Crippen LogP contribution in [0.1, 0.15) is 34.3 Å². The Hall–Kier alpha value is -2.04. The lowest BCUT2D eigenvalue weighted by Crippen LogP contribution is -2.53. The first-order chi connectivity index (χ1) is 12.4. The van der Waals surface area contributed by atoms with Gasteiger partial charge in [-0.25, -0.2) is 0 Å². The summed E-state index contributed by atoms with van der Waals surface area (Å²) in [6.45, 7) is 5.08. The lowest BCUT2D eigenvalue weighted by Gasteiger charge is -2.39. The average molecular weight is 374 g/mol. The van der Waals surface area contributed by atoms with Crippen molar-refractivity contribution in [3.05, 3.63) is 64.2 Å². The summed E-state index contributed by atoms with van der Waals surface area (Å²) in [5.41, 5.74) is 1.75. The predicted molar refractivity (Wildman–Crippen MR) is 103 cm³/mol. The first-order valence-corrected chi connectivity index (χ1v) is 9.22. The molecule has 3 rings (SSSR count). The Kier molecular flexibility index (Phi) is 5.54. The number of hydrogen-bond acceptors (Lipinski definition) is 3. The number of nitrogens with zero attached hydrogens (tertiary/aromatic N) is 1. The van der Waals surface area contributed by atoms with Crippen LogP contribution in [0.2, 0.25) is 5.02 Å². The fourth-order valence-electron chi connectivity index (χ4n) is 3.23. The summed E-state index contributed by atoms with van der Waals surface area (Å²) in [6, 6.07) is 12.9. The Morgan fingerprint density at radius 3 is 2.73 bits per heavy atom. The van der Waals surface area contributed by atoms with Gasteiger partial charge in [0.05, 0.1) is 17.1 Å². The quantitative estimate of drug-likeness (QED) is 0.881. The first-order valence-electron chi connectivity index (χ1n) is 8.84. The van der Waals surface area contributed by atoms with Crippen LogP contribution in [0.4, 0.5) is 0 Å². The Morgan fingerprint density at radius 1 is 1.23 bits per heavy atom. The SMILES string of the molecule is Cc1ccc(OCC2(O)CCCN(C(=O)c3ccccc3Cl)C2)cc1C. The van der Waals surface area contributed by atoms with E-state index in [4.69, 9.17) is 16.3 Å². The zero-order valence-corrected chi connectivity index (χ0v) is 15.9. The molecule has 1 amide bonds. The van der Waals surface area contributed by atoms with Crippen molar-refractivity contribution in [1.29, 1.82) is 0 Å². The summed E-state index contributed by atoms with van der Waals surface area (Å²) in [4.78, 5) is 14.4. The molecular formula is C21H24ClNO3. The molecule has 4 nitrogen and oxygen atoms in total. The number of likely N-dealkylation sites (tertiary alicyclic amines) is 1. The van der Waals surface area contributed by atoms with Crippen molar-refractivity contribution in [2.75, 3.05) is 19.7 Å². The fraction of sp³-hybridized carbons (Fsp3) is 0.381. The highest BCUT2D eigenvalue weighted by molar-refractivity contribution is 6.33. The molecule has 2 aromatic carbocycles. The zero-order valence-electron chi connectivity index (χ0n) is 15.2. The largest absolute Gasteiger partial charge is 0.491 e. The second kappa shape index (κ2) is 7.68. The maximum absolute atomic E-state index is 12.8. The number of ether oxygens (including phenoxy) is 1. The second-order valence-electron chi connectivity index (χ2n) is 7.07. The van der Waals surface area contributed by atoms with Crippen LogP contribution in [-0.4, -0.2) is 41.2 Å². The standard InChI is InChI=1S/C21H24ClNO3/c1-15-8-9-17(12-16(15)2)26-14-21(25)10-5-11-23(13-21)20(24)18-6-3-4-7-19(18)22/h3-4,6-9,12,25H,5,10-11,13-14H2,1-2H3. The average Bonchev–Trinajstić information content (AvgIpc) is 2.63. The summed E-state index contributed by atoms with van der Waals surface area (Å²) in [6.07, 6.45) is 1.33. The van der Waals surface area contributed by atoms with E-state index in [9.17, 15) is 9.90 Å². The summed E-state index contributed by atoms with van der Waals surface area (Å²) < 4.78 is 5.83. The Labute approximate surface area is 159 Å².